The van der Waals surface area contributed by atoms with Crippen LogP contribution in [0.2, 0.25) is 0 Å². The number of ether oxygens (including phenoxy) is 1. The zero-order valence-electron chi connectivity index (χ0n) is 12.0. The monoisotopic (exact) mass is 306 g/mol. The Morgan fingerprint density at radius 1 is 1.29 bits per heavy atom. The largest absolute Gasteiger partial charge is 0.492 e. The molecule has 0 spiro atoms. The molecule has 1 atom stereocenters. The van der Waals surface area contributed by atoms with E-state index in [2.05, 4.69) is 5.32 Å². The molecule has 5 nitrogen and oxygen atoms in total. The van der Waals surface area contributed by atoms with Crippen LogP contribution in [-0.4, -0.2) is 17.6 Å². The third kappa shape index (κ3) is 4.84. The van der Waals surface area contributed by atoms with Gasteiger partial charge in [0.15, 0.2) is 0 Å². The van der Waals surface area contributed by atoms with E-state index in [-0.39, 0.29) is 16.0 Å². The molecule has 6 heteroatoms. The van der Waals surface area contributed by atoms with E-state index in [4.69, 9.17) is 4.74 Å². The van der Waals surface area contributed by atoms with Gasteiger partial charge in [-0.1, -0.05) is 29.0 Å². The molecule has 1 aromatic carbocycles. The average molecular weight is 306 g/mol. The molecule has 0 aliphatic carbocycles. The van der Waals surface area contributed by atoms with Crippen molar-refractivity contribution in [3.63, 3.8) is 0 Å². The van der Waals surface area contributed by atoms with E-state index in [0.717, 1.165) is 10.6 Å². The molecule has 0 amide bonds. The Morgan fingerprint density at radius 3 is 2.62 bits per heavy atom. The third-order valence-electron chi connectivity index (χ3n) is 2.97. The summed E-state index contributed by atoms with van der Waals surface area (Å²) < 4.78 is 5.69. The van der Waals surface area contributed by atoms with E-state index in [1.807, 2.05) is 38.1 Å². The van der Waals surface area contributed by atoms with Crippen LogP contribution in [0.3, 0.4) is 0 Å². The summed E-state index contributed by atoms with van der Waals surface area (Å²) in [7, 11) is 0. The highest BCUT2D eigenvalue weighted by molar-refractivity contribution is 7.15. The lowest BCUT2D eigenvalue weighted by atomic mass is 10.2. The van der Waals surface area contributed by atoms with Crippen molar-refractivity contribution in [3.05, 3.63) is 57.0 Å². The van der Waals surface area contributed by atoms with Crippen LogP contribution in [0.1, 0.15) is 17.4 Å². The van der Waals surface area contributed by atoms with Gasteiger partial charge in [0.1, 0.15) is 12.4 Å². The highest BCUT2D eigenvalue weighted by Crippen LogP contribution is 2.23. The van der Waals surface area contributed by atoms with Crippen molar-refractivity contribution < 1.29 is 9.66 Å². The first-order valence-electron chi connectivity index (χ1n) is 6.70. The number of thiophene rings is 1. The van der Waals surface area contributed by atoms with Gasteiger partial charge in [0.05, 0.1) is 4.92 Å². The Kier molecular flexibility index (Phi) is 5.30. The van der Waals surface area contributed by atoms with Crippen LogP contribution in [0.5, 0.6) is 5.75 Å². The molecule has 0 fully saturated rings. The van der Waals surface area contributed by atoms with Gasteiger partial charge in [-0.25, -0.2) is 0 Å². The molecule has 1 heterocycles. The van der Waals surface area contributed by atoms with Crippen molar-refractivity contribution in [2.75, 3.05) is 6.61 Å². The lowest BCUT2D eigenvalue weighted by Gasteiger charge is -2.14. The van der Waals surface area contributed by atoms with E-state index < -0.39 is 0 Å². The predicted molar refractivity (Wildman–Crippen MR) is 83.9 cm³/mol. The first kappa shape index (κ1) is 15.5. The standard InChI is InChI=1S/C15H18N2O3S/c1-11-3-5-13(6-4-11)20-10-12(2)16-9-14-7-8-15(21-14)17(18)19/h3-8,12,16H,9-10H2,1-2H3. The molecule has 0 bridgehead atoms. The van der Waals surface area contributed by atoms with E-state index in [1.54, 1.807) is 6.07 Å². The summed E-state index contributed by atoms with van der Waals surface area (Å²) in [5.74, 6) is 0.848. The lowest BCUT2D eigenvalue weighted by Crippen LogP contribution is -2.31. The van der Waals surface area contributed by atoms with Gasteiger partial charge in [0.25, 0.3) is 0 Å². The summed E-state index contributed by atoms with van der Waals surface area (Å²) in [4.78, 5) is 11.2. The zero-order chi connectivity index (χ0) is 15.2. The maximum absolute atomic E-state index is 10.6. The lowest BCUT2D eigenvalue weighted by molar-refractivity contribution is -0.380. The van der Waals surface area contributed by atoms with Gasteiger partial charge in [0.2, 0.25) is 0 Å². The highest BCUT2D eigenvalue weighted by atomic mass is 32.1. The number of aryl methyl sites for hydroxylation is 1. The van der Waals surface area contributed by atoms with Crippen molar-refractivity contribution >= 4 is 16.3 Å². The molecule has 0 saturated carbocycles. The van der Waals surface area contributed by atoms with E-state index in [1.165, 1.54) is 23.0 Å². The van der Waals surface area contributed by atoms with Crippen molar-refractivity contribution in [3.8, 4) is 5.75 Å². The Hall–Kier alpha value is -1.92. The SMILES string of the molecule is Cc1ccc(OCC(C)NCc2ccc([N+](=O)[O-])s2)cc1. The first-order chi connectivity index (χ1) is 10.0. The van der Waals surface area contributed by atoms with Crippen molar-refractivity contribution in [1.82, 2.24) is 5.32 Å². The quantitative estimate of drug-likeness (QED) is 0.628. The molecule has 2 aromatic rings. The van der Waals surface area contributed by atoms with Crippen LogP contribution in [0.4, 0.5) is 5.00 Å². The molecule has 21 heavy (non-hydrogen) atoms. The van der Waals surface area contributed by atoms with Crippen LogP contribution in [0.25, 0.3) is 0 Å². The number of nitrogens with zero attached hydrogens (tertiary/aromatic N) is 1. The molecule has 1 aromatic heterocycles. The second-order valence-corrected chi connectivity index (χ2v) is 6.05. The molecule has 112 valence electrons. The first-order valence-corrected chi connectivity index (χ1v) is 7.52. The van der Waals surface area contributed by atoms with Crippen LogP contribution >= 0.6 is 11.3 Å². The smallest absolute Gasteiger partial charge is 0.324 e. The summed E-state index contributed by atoms with van der Waals surface area (Å²) in [6, 6.07) is 11.4. The fourth-order valence-corrected chi connectivity index (χ4v) is 2.52. The number of rotatable bonds is 7. The molecule has 2 rings (SSSR count). The molecule has 1 N–H and O–H groups in total. The Bertz CT molecular complexity index is 595. The van der Waals surface area contributed by atoms with Gasteiger partial charge in [-0.2, -0.15) is 0 Å². The maximum atomic E-state index is 10.6. The highest BCUT2D eigenvalue weighted by Gasteiger charge is 2.10. The maximum Gasteiger partial charge on any atom is 0.324 e. The summed E-state index contributed by atoms with van der Waals surface area (Å²) in [5, 5.41) is 14.1. The zero-order valence-corrected chi connectivity index (χ0v) is 12.9. The third-order valence-corrected chi connectivity index (χ3v) is 4.01. The predicted octanol–water partition coefficient (Wildman–Crippen LogP) is 3.52. The molecule has 0 aliphatic rings. The molecular formula is C15H18N2O3S. The summed E-state index contributed by atoms with van der Waals surface area (Å²) >= 11 is 1.20. The van der Waals surface area contributed by atoms with Gasteiger partial charge >= 0.3 is 5.00 Å². The Balaban J connectivity index is 1.75. The van der Waals surface area contributed by atoms with Crippen molar-refractivity contribution in [1.29, 1.82) is 0 Å². The number of nitro groups is 1. The van der Waals surface area contributed by atoms with Crippen LogP contribution in [-0.2, 0) is 6.54 Å². The van der Waals surface area contributed by atoms with E-state index >= 15 is 0 Å². The number of hydrogen-bond donors (Lipinski definition) is 1. The molecule has 1 unspecified atom stereocenters. The van der Waals surface area contributed by atoms with Crippen LogP contribution < -0.4 is 10.1 Å². The topological polar surface area (TPSA) is 64.4 Å². The second kappa shape index (κ2) is 7.19. The Labute approximate surface area is 127 Å². The van der Waals surface area contributed by atoms with Crippen molar-refractivity contribution in [2.45, 2.75) is 26.4 Å². The number of hydrogen-bond acceptors (Lipinski definition) is 5. The minimum Gasteiger partial charge on any atom is -0.492 e. The van der Waals surface area contributed by atoms with E-state index in [9.17, 15) is 10.1 Å². The Morgan fingerprint density at radius 2 is 2.00 bits per heavy atom. The summed E-state index contributed by atoms with van der Waals surface area (Å²) in [6.07, 6.45) is 0. The minimum atomic E-state index is -0.363. The number of benzene rings is 1. The van der Waals surface area contributed by atoms with Crippen molar-refractivity contribution in [2.24, 2.45) is 0 Å². The summed E-state index contributed by atoms with van der Waals surface area (Å²) in [5.41, 5.74) is 1.20. The summed E-state index contributed by atoms with van der Waals surface area (Å²) in [6.45, 7) is 5.22. The normalized spacial score (nSPS) is 12.1. The fraction of sp³-hybridized carbons (Fsp3) is 0.333. The molecule has 0 saturated heterocycles. The second-order valence-electron chi connectivity index (χ2n) is 4.90. The minimum absolute atomic E-state index is 0.160. The van der Waals surface area contributed by atoms with Gasteiger partial charge in [-0.3, -0.25) is 10.1 Å². The fourth-order valence-electron chi connectivity index (χ4n) is 1.75. The van der Waals surface area contributed by atoms with E-state index in [0.29, 0.717) is 13.2 Å². The average Bonchev–Trinajstić information content (AvgIpc) is 2.93. The van der Waals surface area contributed by atoms with Gasteiger partial charge in [-0.05, 0) is 32.0 Å². The van der Waals surface area contributed by atoms with Crippen LogP contribution in [0, 0.1) is 17.0 Å². The molecular weight excluding hydrogens is 288 g/mol. The molecule has 0 radical (unpaired) electrons. The molecule has 0 aliphatic heterocycles. The van der Waals surface area contributed by atoms with Gasteiger partial charge in [-0.15, -0.1) is 0 Å². The van der Waals surface area contributed by atoms with Crippen LogP contribution in [0.15, 0.2) is 36.4 Å². The van der Waals surface area contributed by atoms with Gasteiger partial charge in [0, 0.05) is 23.5 Å². The number of nitrogens with one attached hydrogen (secondary N) is 1. The van der Waals surface area contributed by atoms with Gasteiger partial charge < -0.3 is 10.1 Å².